The lowest BCUT2D eigenvalue weighted by molar-refractivity contribution is -0.137. The van der Waals surface area contributed by atoms with E-state index < -0.39 is 33.7 Å². The first-order chi connectivity index (χ1) is 12.0. The standard InChI is InChI=1S/C16H14ClF3N2O3S/c1-10(22-26(24,25)12-5-3-2-4-6-12)15(23)21-14-9-11(16(18,19)20)7-8-13(14)17/h2-10,22H,1H3,(H,21,23)/t10-/m0/s1. The van der Waals surface area contributed by atoms with Gasteiger partial charge < -0.3 is 5.32 Å². The van der Waals surface area contributed by atoms with Gasteiger partial charge in [-0.25, -0.2) is 8.42 Å². The molecule has 2 rings (SSSR count). The Morgan fingerprint density at radius 3 is 2.31 bits per heavy atom. The SMILES string of the molecule is C[C@H](NS(=O)(=O)c1ccccc1)C(=O)Nc1cc(C(F)(F)F)ccc1Cl. The minimum Gasteiger partial charge on any atom is -0.323 e. The van der Waals surface area contributed by atoms with Crippen LogP contribution in [0.15, 0.2) is 53.4 Å². The Morgan fingerprint density at radius 2 is 1.73 bits per heavy atom. The van der Waals surface area contributed by atoms with Gasteiger partial charge in [0.05, 0.1) is 27.2 Å². The van der Waals surface area contributed by atoms with Crippen molar-refractivity contribution in [3.63, 3.8) is 0 Å². The number of amides is 1. The fourth-order valence-electron chi connectivity index (χ4n) is 1.99. The summed E-state index contributed by atoms with van der Waals surface area (Å²) in [6.07, 6.45) is -4.61. The summed E-state index contributed by atoms with van der Waals surface area (Å²) in [7, 11) is -3.96. The fourth-order valence-corrected chi connectivity index (χ4v) is 3.38. The third-order valence-corrected chi connectivity index (χ3v) is 5.22. The van der Waals surface area contributed by atoms with Crippen molar-refractivity contribution < 1.29 is 26.4 Å². The molecule has 5 nitrogen and oxygen atoms in total. The van der Waals surface area contributed by atoms with Crippen LogP contribution in [0.5, 0.6) is 0 Å². The molecular formula is C16H14ClF3N2O3S. The average molecular weight is 407 g/mol. The van der Waals surface area contributed by atoms with E-state index in [1.165, 1.54) is 31.2 Å². The summed E-state index contributed by atoms with van der Waals surface area (Å²) in [6, 6.07) is 8.56. The minimum absolute atomic E-state index is 0.0447. The number of benzene rings is 2. The van der Waals surface area contributed by atoms with Gasteiger partial charge >= 0.3 is 6.18 Å². The molecule has 2 N–H and O–H groups in total. The maximum atomic E-state index is 12.8. The topological polar surface area (TPSA) is 75.3 Å². The Bertz CT molecular complexity index is 903. The summed E-state index contributed by atoms with van der Waals surface area (Å²) in [5, 5.41) is 2.09. The molecule has 1 atom stereocenters. The minimum atomic E-state index is -4.61. The smallest absolute Gasteiger partial charge is 0.323 e. The second-order valence-electron chi connectivity index (χ2n) is 5.34. The van der Waals surface area contributed by atoms with Crippen molar-refractivity contribution >= 4 is 33.2 Å². The zero-order valence-electron chi connectivity index (χ0n) is 13.3. The summed E-state index contributed by atoms with van der Waals surface area (Å²) in [6.45, 7) is 1.26. The van der Waals surface area contributed by atoms with Gasteiger partial charge in [-0.05, 0) is 37.3 Å². The monoisotopic (exact) mass is 406 g/mol. The molecule has 2 aromatic rings. The van der Waals surface area contributed by atoms with Gasteiger partial charge in [0, 0.05) is 0 Å². The number of carbonyl (C=O) groups excluding carboxylic acids is 1. The molecule has 0 bridgehead atoms. The lowest BCUT2D eigenvalue weighted by atomic mass is 10.2. The molecule has 0 saturated heterocycles. The summed E-state index contributed by atoms with van der Waals surface area (Å²) < 4.78 is 64.8. The predicted molar refractivity (Wildman–Crippen MR) is 91.3 cm³/mol. The van der Waals surface area contributed by atoms with E-state index in [1.54, 1.807) is 6.07 Å². The van der Waals surface area contributed by atoms with Crippen LogP contribution in [0.1, 0.15) is 12.5 Å². The van der Waals surface area contributed by atoms with Gasteiger partial charge in [0.2, 0.25) is 15.9 Å². The highest BCUT2D eigenvalue weighted by molar-refractivity contribution is 7.89. The number of rotatable bonds is 5. The van der Waals surface area contributed by atoms with Crippen molar-refractivity contribution in [1.82, 2.24) is 4.72 Å². The molecule has 26 heavy (non-hydrogen) atoms. The van der Waals surface area contributed by atoms with E-state index in [4.69, 9.17) is 11.6 Å². The Balaban J connectivity index is 2.15. The van der Waals surface area contributed by atoms with Crippen LogP contribution in [-0.2, 0) is 21.0 Å². The highest BCUT2D eigenvalue weighted by Crippen LogP contribution is 2.33. The van der Waals surface area contributed by atoms with Crippen LogP contribution < -0.4 is 10.0 Å². The zero-order valence-corrected chi connectivity index (χ0v) is 14.9. The zero-order chi connectivity index (χ0) is 19.5. The van der Waals surface area contributed by atoms with Crippen molar-refractivity contribution in [3.05, 3.63) is 59.1 Å². The number of hydrogen-bond donors (Lipinski definition) is 2. The average Bonchev–Trinajstić information content (AvgIpc) is 2.56. The molecule has 0 radical (unpaired) electrons. The molecule has 0 spiro atoms. The van der Waals surface area contributed by atoms with Crippen LogP contribution in [-0.4, -0.2) is 20.4 Å². The van der Waals surface area contributed by atoms with E-state index in [-0.39, 0.29) is 15.6 Å². The molecule has 10 heteroatoms. The number of hydrogen-bond acceptors (Lipinski definition) is 3. The van der Waals surface area contributed by atoms with Gasteiger partial charge in [-0.3, -0.25) is 4.79 Å². The Morgan fingerprint density at radius 1 is 1.12 bits per heavy atom. The van der Waals surface area contributed by atoms with Crippen LogP contribution in [0, 0.1) is 0 Å². The van der Waals surface area contributed by atoms with E-state index >= 15 is 0 Å². The molecule has 0 unspecified atom stereocenters. The number of sulfonamides is 1. The van der Waals surface area contributed by atoms with Gasteiger partial charge in [0.15, 0.2) is 0 Å². The molecule has 140 valence electrons. The van der Waals surface area contributed by atoms with Crippen molar-refractivity contribution in [2.45, 2.75) is 24.0 Å². The Kier molecular flexibility index (Phi) is 5.94. The van der Waals surface area contributed by atoms with Crippen molar-refractivity contribution in [3.8, 4) is 0 Å². The third kappa shape index (κ3) is 4.96. The van der Waals surface area contributed by atoms with Gasteiger partial charge in [-0.15, -0.1) is 0 Å². The number of alkyl halides is 3. The summed E-state index contributed by atoms with van der Waals surface area (Å²) in [5.41, 5.74) is -1.26. The highest BCUT2D eigenvalue weighted by Gasteiger charge is 2.31. The second kappa shape index (κ2) is 7.65. The molecule has 0 fully saturated rings. The molecule has 0 saturated carbocycles. The van der Waals surface area contributed by atoms with Crippen LogP contribution in [0.3, 0.4) is 0 Å². The molecule has 0 aliphatic carbocycles. The molecule has 0 heterocycles. The molecule has 0 aliphatic rings. The predicted octanol–water partition coefficient (Wildman–Crippen LogP) is 3.66. The molecule has 1 amide bonds. The summed E-state index contributed by atoms with van der Waals surface area (Å²) in [4.78, 5) is 12.1. The Labute approximate surface area is 153 Å². The van der Waals surface area contributed by atoms with Crippen LogP contribution in [0.2, 0.25) is 5.02 Å². The number of carbonyl (C=O) groups is 1. The van der Waals surface area contributed by atoms with Crippen molar-refractivity contribution in [2.75, 3.05) is 5.32 Å². The largest absolute Gasteiger partial charge is 0.416 e. The van der Waals surface area contributed by atoms with Gasteiger partial charge in [-0.2, -0.15) is 17.9 Å². The lowest BCUT2D eigenvalue weighted by Gasteiger charge is -2.16. The quantitative estimate of drug-likeness (QED) is 0.795. The van der Waals surface area contributed by atoms with Crippen molar-refractivity contribution in [1.29, 1.82) is 0 Å². The lowest BCUT2D eigenvalue weighted by Crippen LogP contribution is -2.41. The van der Waals surface area contributed by atoms with Crippen molar-refractivity contribution in [2.24, 2.45) is 0 Å². The van der Waals surface area contributed by atoms with E-state index in [9.17, 15) is 26.4 Å². The van der Waals surface area contributed by atoms with E-state index in [0.717, 1.165) is 12.1 Å². The maximum absolute atomic E-state index is 12.8. The summed E-state index contributed by atoms with van der Waals surface area (Å²) >= 11 is 5.80. The molecule has 0 aromatic heterocycles. The third-order valence-electron chi connectivity index (χ3n) is 3.33. The van der Waals surface area contributed by atoms with Gasteiger partial charge in [0.25, 0.3) is 0 Å². The maximum Gasteiger partial charge on any atom is 0.416 e. The van der Waals surface area contributed by atoms with E-state index in [0.29, 0.717) is 6.07 Å². The van der Waals surface area contributed by atoms with Crippen LogP contribution >= 0.6 is 11.6 Å². The first-order valence-electron chi connectivity index (χ1n) is 7.26. The highest BCUT2D eigenvalue weighted by atomic mass is 35.5. The normalized spacial score (nSPS) is 13.3. The first-order valence-corrected chi connectivity index (χ1v) is 9.12. The van der Waals surface area contributed by atoms with Crippen LogP contribution in [0.25, 0.3) is 0 Å². The van der Waals surface area contributed by atoms with Gasteiger partial charge in [-0.1, -0.05) is 29.8 Å². The van der Waals surface area contributed by atoms with E-state index in [2.05, 4.69) is 10.0 Å². The number of anilines is 1. The van der Waals surface area contributed by atoms with Crippen LogP contribution in [0.4, 0.5) is 18.9 Å². The molecular weight excluding hydrogens is 393 g/mol. The fraction of sp³-hybridized carbons (Fsp3) is 0.188. The Hall–Kier alpha value is -2.10. The van der Waals surface area contributed by atoms with E-state index in [1.807, 2.05) is 0 Å². The first kappa shape index (κ1) is 20.2. The molecule has 2 aromatic carbocycles. The van der Waals surface area contributed by atoms with Gasteiger partial charge in [0.1, 0.15) is 0 Å². The number of halogens is 4. The number of nitrogens with one attached hydrogen (secondary N) is 2. The summed E-state index contributed by atoms with van der Waals surface area (Å²) in [5.74, 6) is -0.856. The second-order valence-corrected chi connectivity index (χ2v) is 7.46. The molecule has 0 aliphatic heterocycles.